The van der Waals surface area contributed by atoms with E-state index < -0.39 is 0 Å². The van der Waals surface area contributed by atoms with E-state index in [2.05, 4.69) is 32.0 Å². The van der Waals surface area contributed by atoms with E-state index in [1.807, 2.05) is 6.07 Å². The number of halogens is 2. The van der Waals surface area contributed by atoms with E-state index in [1.165, 1.54) is 11.1 Å². The Kier molecular flexibility index (Phi) is 5.38. The normalized spacial score (nSPS) is 10.5. The highest BCUT2D eigenvalue weighted by molar-refractivity contribution is 6.32. The average molecular weight is 325 g/mol. The molecule has 0 N–H and O–H groups in total. The van der Waals surface area contributed by atoms with Crippen molar-refractivity contribution in [2.75, 3.05) is 7.11 Å². The van der Waals surface area contributed by atoms with Gasteiger partial charge in [-0.25, -0.2) is 0 Å². The number of ether oxygens (including phenoxy) is 2. The summed E-state index contributed by atoms with van der Waals surface area (Å²) in [5.74, 6) is 1.53. The van der Waals surface area contributed by atoms with Gasteiger partial charge >= 0.3 is 0 Å². The van der Waals surface area contributed by atoms with Crippen LogP contribution in [0.3, 0.4) is 0 Å². The maximum Gasteiger partial charge on any atom is 0.180 e. The SMILES string of the molecule is COc1cc(CCl)cc(Cl)c1OCc1ccc(C)c(C)c1. The third-order valence-electron chi connectivity index (χ3n) is 3.40. The maximum absolute atomic E-state index is 6.25. The minimum Gasteiger partial charge on any atom is -0.493 e. The molecule has 0 fully saturated rings. The molecular weight excluding hydrogens is 307 g/mol. The summed E-state index contributed by atoms with van der Waals surface area (Å²) in [5, 5.41) is 0.508. The van der Waals surface area contributed by atoms with Crippen molar-refractivity contribution in [2.45, 2.75) is 26.3 Å². The molecule has 0 aromatic heterocycles. The number of aryl methyl sites for hydroxylation is 2. The Morgan fingerprint density at radius 3 is 2.38 bits per heavy atom. The summed E-state index contributed by atoms with van der Waals surface area (Å²) in [6, 6.07) is 9.89. The van der Waals surface area contributed by atoms with Gasteiger partial charge in [-0.15, -0.1) is 11.6 Å². The smallest absolute Gasteiger partial charge is 0.180 e. The molecule has 0 spiro atoms. The molecule has 0 amide bonds. The van der Waals surface area contributed by atoms with Crippen molar-refractivity contribution in [3.63, 3.8) is 0 Å². The topological polar surface area (TPSA) is 18.5 Å². The maximum atomic E-state index is 6.25. The van der Waals surface area contributed by atoms with Crippen LogP contribution in [0.1, 0.15) is 22.3 Å². The second kappa shape index (κ2) is 7.06. The van der Waals surface area contributed by atoms with Crippen molar-refractivity contribution in [1.82, 2.24) is 0 Å². The molecule has 2 rings (SSSR count). The molecule has 0 unspecified atom stereocenters. The van der Waals surface area contributed by atoms with Crippen molar-refractivity contribution < 1.29 is 9.47 Å². The van der Waals surface area contributed by atoms with Crippen LogP contribution in [0.2, 0.25) is 5.02 Å². The molecular formula is C17H18Cl2O2. The number of hydrogen-bond donors (Lipinski definition) is 0. The first-order valence-electron chi connectivity index (χ1n) is 6.66. The monoisotopic (exact) mass is 324 g/mol. The lowest BCUT2D eigenvalue weighted by Gasteiger charge is -2.14. The molecule has 4 heteroatoms. The zero-order valence-corrected chi connectivity index (χ0v) is 13.9. The Labute approximate surface area is 135 Å². The predicted molar refractivity (Wildman–Crippen MR) is 87.8 cm³/mol. The Hall–Kier alpha value is -1.38. The first kappa shape index (κ1) is 16.0. The molecule has 0 saturated carbocycles. The van der Waals surface area contributed by atoms with Crippen molar-refractivity contribution in [2.24, 2.45) is 0 Å². The second-order valence-electron chi connectivity index (χ2n) is 4.95. The summed E-state index contributed by atoms with van der Waals surface area (Å²) < 4.78 is 11.2. The van der Waals surface area contributed by atoms with E-state index in [-0.39, 0.29) is 0 Å². The molecule has 0 aliphatic carbocycles. The standard InChI is InChI=1S/C17H18Cl2O2/c1-11-4-5-13(6-12(11)2)10-21-17-15(19)7-14(9-18)8-16(17)20-3/h4-8H,9-10H2,1-3H3. The first-order valence-corrected chi connectivity index (χ1v) is 7.57. The minimum atomic E-state index is 0.382. The van der Waals surface area contributed by atoms with Gasteiger partial charge in [0, 0.05) is 5.88 Å². The zero-order chi connectivity index (χ0) is 15.4. The van der Waals surface area contributed by atoms with E-state index in [9.17, 15) is 0 Å². The van der Waals surface area contributed by atoms with Gasteiger partial charge in [0.15, 0.2) is 11.5 Å². The summed E-state index contributed by atoms with van der Waals surface area (Å²) in [6.07, 6.45) is 0. The fourth-order valence-electron chi connectivity index (χ4n) is 2.04. The van der Waals surface area contributed by atoms with Crippen molar-refractivity contribution in [3.05, 3.63) is 57.6 Å². The fourth-order valence-corrected chi connectivity index (χ4v) is 2.48. The lowest BCUT2D eigenvalue weighted by atomic mass is 10.1. The van der Waals surface area contributed by atoms with Crippen LogP contribution in [-0.4, -0.2) is 7.11 Å². The van der Waals surface area contributed by atoms with Crippen LogP contribution in [0.4, 0.5) is 0 Å². The van der Waals surface area contributed by atoms with Gasteiger partial charge in [0.1, 0.15) is 6.61 Å². The molecule has 2 aromatic carbocycles. The van der Waals surface area contributed by atoms with E-state index in [1.54, 1.807) is 13.2 Å². The van der Waals surface area contributed by atoms with Crippen LogP contribution < -0.4 is 9.47 Å². The molecule has 2 aromatic rings. The number of hydrogen-bond acceptors (Lipinski definition) is 2. The Balaban J connectivity index is 2.21. The van der Waals surface area contributed by atoms with Gasteiger partial charge < -0.3 is 9.47 Å². The van der Waals surface area contributed by atoms with Gasteiger partial charge in [-0.05, 0) is 48.2 Å². The minimum absolute atomic E-state index is 0.382. The molecule has 112 valence electrons. The van der Waals surface area contributed by atoms with Gasteiger partial charge in [0.25, 0.3) is 0 Å². The number of benzene rings is 2. The van der Waals surface area contributed by atoms with E-state index >= 15 is 0 Å². The summed E-state index contributed by atoms with van der Waals surface area (Å²) in [5.41, 5.74) is 4.50. The lowest BCUT2D eigenvalue weighted by Crippen LogP contribution is -2.00. The average Bonchev–Trinajstić information content (AvgIpc) is 2.48. The molecule has 0 aliphatic rings. The quantitative estimate of drug-likeness (QED) is 0.696. The van der Waals surface area contributed by atoms with E-state index in [4.69, 9.17) is 32.7 Å². The molecule has 0 saturated heterocycles. The first-order chi connectivity index (χ1) is 10.0. The van der Waals surface area contributed by atoms with Crippen LogP contribution in [-0.2, 0) is 12.5 Å². The summed E-state index contributed by atoms with van der Waals surface area (Å²) >= 11 is 12.1. The van der Waals surface area contributed by atoms with Crippen molar-refractivity contribution >= 4 is 23.2 Å². The Morgan fingerprint density at radius 1 is 1.00 bits per heavy atom. The van der Waals surface area contributed by atoms with Crippen LogP contribution in [0.15, 0.2) is 30.3 Å². The van der Waals surface area contributed by atoms with Crippen LogP contribution in [0, 0.1) is 13.8 Å². The van der Waals surface area contributed by atoms with E-state index in [0.29, 0.717) is 29.0 Å². The highest BCUT2D eigenvalue weighted by Crippen LogP contribution is 2.37. The fraction of sp³-hybridized carbons (Fsp3) is 0.294. The van der Waals surface area contributed by atoms with Crippen molar-refractivity contribution in [1.29, 1.82) is 0 Å². The molecule has 2 nitrogen and oxygen atoms in total. The molecule has 0 heterocycles. The second-order valence-corrected chi connectivity index (χ2v) is 5.62. The van der Waals surface area contributed by atoms with E-state index in [0.717, 1.165) is 11.1 Å². The van der Waals surface area contributed by atoms with Crippen LogP contribution in [0.25, 0.3) is 0 Å². The summed E-state index contributed by atoms with van der Waals surface area (Å²) in [4.78, 5) is 0. The molecule has 0 atom stereocenters. The molecule has 0 radical (unpaired) electrons. The van der Waals surface area contributed by atoms with Gasteiger partial charge in [-0.1, -0.05) is 29.8 Å². The Morgan fingerprint density at radius 2 is 1.76 bits per heavy atom. The van der Waals surface area contributed by atoms with Crippen LogP contribution >= 0.6 is 23.2 Å². The predicted octanol–water partition coefficient (Wildman–Crippen LogP) is 5.28. The highest BCUT2D eigenvalue weighted by atomic mass is 35.5. The molecule has 21 heavy (non-hydrogen) atoms. The van der Waals surface area contributed by atoms with Crippen molar-refractivity contribution in [3.8, 4) is 11.5 Å². The summed E-state index contributed by atoms with van der Waals surface area (Å²) in [7, 11) is 1.59. The molecule has 0 aliphatic heterocycles. The zero-order valence-electron chi connectivity index (χ0n) is 12.4. The van der Waals surface area contributed by atoms with Crippen LogP contribution in [0.5, 0.6) is 11.5 Å². The summed E-state index contributed by atoms with van der Waals surface area (Å²) in [6.45, 7) is 4.61. The highest BCUT2D eigenvalue weighted by Gasteiger charge is 2.12. The van der Waals surface area contributed by atoms with Gasteiger partial charge in [-0.2, -0.15) is 0 Å². The largest absolute Gasteiger partial charge is 0.493 e. The Bertz CT molecular complexity index is 639. The lowest BCUT2D eigenvalue weighted by molar-refractivity contribution is 0.284. The van der Waals surface area contributed by atoms with Gasteiger partial charge in [0.05, 0.1) is 12.1 Å². The molecule has 0 bridgehead atoms. The number of methoxy groups -OCH3 is 1. The van der Waals surface area contributed by atoms with Gasteiger partial charge in [0.2, 0.25) is 0 Å². The van der Waals surface area contributed by atoms with Gasteiger partial charge in [-0.3, -0.25) is 0 Å². The third-order valence-corrected chi connectivity index (χ3v) is 3.99. The number of rotatable bonds is 5. The number of alkyl halides is 1. The third kappa shape index (κ3) is 3.84.